The van der Waals surface area contributed by atoms with Crippen LogP contribution < -0.4 is 0 Å². The maximum atomic E-state index is 13.0. The summed E-state index contributed by atoms with van der Waals surface area (Å²) in [4.78, 5) is 25.3. The van der Waals surface area contributed by atoms with Crippen LogP contribution in [-0.4, -0.2) is 59.6 Å². The Morgan fingerprint density at radius 3 is 2.68 bits per heavy atom. The maximum Gasteiger partial charge on any atom is 0.338 e. The van der Waals surface area contributed by atoms with Crippen LogP contribution in [0.15, 0.2) is 0 Å². The van der Waals surface area contributed by atoms with Crippen LogP contribution in [0, 0.1) is 17.0 Å². The second kappa shape index (κ2) is 5.41. The van der Waals surface area contributed by atoms with Crippen molar-refractivity contribution in [3.8, 4) is 0 Å². The molecule has 7 unspecified atom stereocenters. The molecule has 7 nitrogen and oxygen atoms in total. The molecule has 0 amide bonds. The zero-order valence-corrected chi connectivity index (χ0v) is 15.2. The van der Waals surface area contributed by atoms with E-state index in [0.29, 0.717) is 32.4 Å². The highest BCUT2D eigenvalue weighted by molar-refractivity contribution is 5.80. The minimum atomic E-state index is -1.06. The zero-order chi connectivity index (χ0) is 18.0. The molecule has 4 aliphatic rings. The molecule has 2 bridgehead atoms. The second-order valence-electron chi connectivity index (χ2n) is 8.80. The number of hydroxylamine groups is 3. The summed E-state index contributed by atoms with van der Waals surface area (Å²) in [7, 11) is 0. The third-order valence-corrected chi connectivity index (χ3v) is 6.85. The van der Waals surface area contributed by atoms with Gasteiger partial charge >= 0.3 is 11.9 Å². The summed E-state index contributed by atoms with van der Waals surface area (Å²) in [5.74, 6) is -0.844. The van der Waals surface area contributed by atoms with Gasteiger partial charge in [0.05, 0.1) is 31.0 Å². The Hall–Kier alpha value is -1.18. The largest absolute Gasteiger partial charge is 0.632 e. The Labute approximate surface area is 147 Å². The number of carbonyl (C=O) groups is 2. The van der Waals surface area contributed by atoms with Crippen LogP contribution in [0.1, 0.15) is 46.5 Å². The van der Waals surface area contributed by atoms with Crippen LogP contribution in [0.3, 0.4) is 0 Å². The fourth-order valence-corrected chi connectivity index (χ4v) is 5.47. The first-order valence-corrected chi connectivity index (χ1v) is 9.30. The van der Waals surface area contributed by atoms with Gasteiger partial charge < -0.3 is 24.1 Å². The average Bonchev–Trinajstić information content (AvgIpc) is 3.07. The summed E-state index contributed by atoms with van der Waals surface area (Å²) < 4.78 is 17.1. The number of rotatable bonds is 0. The Balaban J connectivity index is 1.65. The van der Waals surface area contributed by atoms with Gasteiger partial charge in [-0.2, -0.15) is 0 Å². The van der Waals surface area contributed by atoms with E-state index in [4.69, 9.17) is 14.2 Å². The number of cyclic esters (lactones) is 1. The lowest BCUT2D eigenvalue weighted by molar-refractivity contribution is -0.882. The van der Waals surface area contributed by atoms with Crippen molar-refractivity contribution in [2.75, 3.05) is 19.7 Å². The van der Waals surface area contributed by atoms with Gasteiger partial charge in [0.1, 0.15) is 12.6 Å². The topological polar surface area (TPSA) is 84.9 Å². The zero-order valence-electron chi connectivity index (χ0n) is 15.2. The summed E-state index contributed by atoms with van der Waals surface area (Å²) in [6, 6.07) is -0.312. The molecule has 0 radical (unpaired) electrons. The molecule has 4 saturated heterocycles. The smallest absolute Gasteiger partial charge is 0.338 e. The van der Waals surface area contributed by atoms with Crippen LogP contribution in [0.2, 0.25) is 0 Å². The summed E-state index contributed by atoms with van der Waals surface area (Å²) in [6.45, 7) is 6.70. The van der Waals surface area contributed by atoms with E-state index in [0.717, 1.165) is 0 Å². The van der Waals surface area contributed by atoms with Crippen LogP contribution >= 0.6 is 0 Å². The molecule has 4 rings (SSSR count). The van der Waals surface area contributed by atoms with Crippen LogP contribution in [0.5, 0.6) is 0 Å². The van der Waals surface area contributed by atoms with Crippen molar-refractivity contribution >= 4 is 11.9 Å². The average molecular weight is 353 g/mol. The molecule has 4 fully saturated rings. The molecule has 25 heavy (non-hydrogen) atoms. The van der Waals surface area contributed by atoms with Gasteiger partial charge in [0.2, 0.25) is 0 Å². The summed E-state index contributed by atoms with van der Waals surface area (Å²) >= 11 is 0. The Morgan fingerprint density at radius 1 is 1.20 bits per heavy atom. The highest BCUT2D eigenvalue weighted by atomic mass is 16.6. The third kappa shape index (κ3) is 2.59. The first-order valence-electron chi connectivity index (χ1n) is 9.30. The van der Waals surface area contributed by atoms with E-state index in [2.05, 4.69) is 0 Å². The Bertz CT molecular complexity index is 610. The molecule has 7 atom stereocenters. The normalized spacial score (nSPS) is 52.8. The molecule has 0 aliphatic carbocycles. The van der Waals surface area contributed by atoms with E-state index < -0.39 is 11.2 Å². The Morgan fingerprint density at radius 2 is 1.92 bits per heavy atom. The van der Waals surface area contributed by atoms with E-state index >= 15 is 0 Å². The van der Waals surface area contributed by atoms with Gasteiger partial charge in [0.15, 0.2) is 11.7 Å². The van der Waals surface area contributed by atoms with Crippen LogP contribution in [0.4, 0.5) is 0 Å². The third-order valence-electron chi connectivity index (χ3n) is 6.85. The van der Waals surface area contributed by atoms with Crippen molar-refractivity contribution in [2.24, 2.45) is 11.8 Å². The van der Waals surface area contributed by atoms with Gasteiger partial charge in [-0.25, -0.2) is 4.79 Å². The van der Waals surface area contributed by atoms with Gasteiger partial charge in [-0.1, -0.05) is 6.92 Å². The number of nitrogens with zero attached hydrogens (tertiary/aromatic N) is 1. The lowest BCUT2D eigenvalue weighted by Crippen LogP contribution is -2.50. The number of ether oxygens (including phenoxy) is 3. The lowest BCUT2D eigenvalue weighted by atomic mass is 9.86. The van der Waals surface area contributed by atoms with Gasteiger partial charge in [0.25, 0.3) is 0 Å². The van der Waals surface area contributed by atoms with Gasteiger partial charge in [-0.3, -0.25) is 4.79 Å². The van der Waals surface area contributed by atoms with E-state index in [9.17, 15) is 14.8 Å². The fraction of sp³-hybridized carbons (Fsp3) is 0.889. The van der Waals surface area contributed by atoms with Gasteiger partial charge in [-0.15, -0.1) is 0 Å². The molecule has 7 heteroatoms. The molecule has 140 valence electrons. The molecule has 4 heterocycles. The van der Waals surface area contributed by atoms with Crippen molar-refractivity contribution in [3.05, 3.63) is 5.21 Å². The van der Waals surface area contributed by atoms with Crippen molar-refractivity contribution < 1.29 is 28.4 Å². The molecule has 0 spiro atoms. The number of quaternary nitrogens is 1. The number of fused-ring (bicyclic) bond motifs is 2. The highest BCUT2D eigenvalue weighted by Crippen LogP contribution is 2.46. The van der Waals surface area contributed by atoms with Crippen molar-refractivity contribution in [3.63, 3.8) is 0 Å². The van der Waals surface area contributed by atoms with Gasteiger partial charge in [0, 0.05) is 12.8 Å². The predicted octanol–water partition coefficient (Wildman–Crippen LogP) is 1.53. The SMILES string of the molecule is CC1CC2(C)CC(=O)OC3CC[N+]4([O-])CCC(COC(=O)C1(C)O2)C34. The molecule has 4 aliphatic heterocycles. The summed E-state index contributed by atoms with van der Waals surface area (Å²) in [6.07, 6.45) is 1.57. The standard InChI is InChI=1S/C18H27NO6/c1-11-8-17(2)9-14(20)24-13-5-7-19(22)6-4-12(15(13)19)10-23-16(21)18(11,3)25-17/h11-13,15H,4-10H2,1-3H3. The molecule has 0 saturated carbocycles. The number of carbonyl (C=O) groups excluding carboxylic acids is 2. The summed E-state index contributed by atoms with van der Waals surface area (Å²) in [5, 5.41) is 13.0. The Kier molecular flexibility index (Phi) is 3.73. The second-order valence-corrected chi connectivity index (χ2v) is 8.80. The minimum absolute atomic E-state index is 0.0592. The molecule has 0 aromatic heterocycles. The maximum absolute atomic E-state index is 13.0. The van der Waals surface area contributed by atoms with E-state index in [1.165, 1.54) is 0 Å². The van der Waals surface area contributed by atoms with E-state index in [1.807, 2.05) is 13.8 Å². The van der Waals surface area contributed by atoms with E-state index in [-0.39, 0.29) is 53.6 Å². The molecule has 0 aromatic carbocycles. The fourth-order valence-electron chi connectivity index (χ4n) is 5.47. The monoisotopic (exact) mass is 353 g/mol. The summed E-state index contributed by atoms with van der Waals surface area (Å²) in [5.41, 5.74) is -1.81. The molecular weight excluding hydrogens is 326 g/mol. The van der Waals surface area contributed by atoms with Crippen molar-refractivity contribution in [1.82, 2.24) is 0 Å². The molecular formula is C18H27NO6. The minimum Gasteiger partial charge on any atom is -0.632 e. The lowest BCUT2D eigenvalue weighted by Gasteiger charge is -2.41. The quantitative estimate of drug-likeness (QED) is 0.373. The number of esters is 2. The number of hydrogen-bond donors (Lipinski definition) is 0. The first-order chi connectivity index (χ1) is 11.7. The van der Waals surface area contributed by atoms with Crippen molar-refractivity contribution in [2.45, 2.75) is 69.8 Å². The molecule has 0 N–H and O–H groups in total. The van der Waals surface area contributed by atoms with Gasteiger partial charge in [-0.05, 0) is 26.2 Å². The van der Waals surface area contributed by atoms with Crippen LogP contribution in [0.25, 0.3) is 0 Å². The number of hydrogen-bond acceptors (Lipinski definition) is 6. The predicted molar refractivity (Wildman–Crippen MR) is 87.0 cm³/mol. The van der Waals surface area contributed by atoms with Crippen molar-refractivity contribution in [1.29, 1.82) is 0 Å². The van der Waals surface area contributed by atoms with Crippen LogP contribution in [-0.2, 0) is 23.8 Å². The highest BCUT2D eigenvalue weighted by Gasteiger charge is 2.58. The molecule has 0 aromatic rings. The first kappa shape index (κ1) is 17.2. The van der Waals surface area contributed by atoms with E-state index in [1.54, 1.807) is 6.92 Å².